The Morgan fingerprint density at radius 3 is 2.70 bits per heavy atom. The average Bonchev–Trinajstić information content (AvgIpc) is 2.99. The van der Waals surface area contributed by atoms with Gasteiger partial charge in [-0.2, -0.15) is 0 Å². The van der Waals surface area contributed by atoms with Crippen LogP contribution in [0.3, 0.4) is 0 Å². The van der Waals surface area contributed by atoms with Gasteiger partial charge in [-0.25, -0.2) is 4.98 Å². The Labute approximate surface area is 139 Å². The van der Waals surface area contributed by atoms with Crippen molar-refractivity contribution in [2.45, 2.75) is 25.8 Å². The highest BCUT2D eigenvalue weighted by molar-refractivity contribution is 7.17. The number of fused-ring (bicyclic) bond motifs is 3. The maximum atomic E-state index is 12.7. The van der Waals surface area contributed by atoms with Crippen LogP contribution in [0, 0.1) is 12.8 Å². The highest BCUT2D eigenvalue weighted by Crippen LogP contribution is 2.30. The molecule has 0 radical (unpaired) electrons. The molecule has 2 bridgehead atoms. The summed E-state index contributed by atoms with van der Waals surface area (Å²) < 4.78 is 0. The molecule has 3 aliphatic rings. The number of nitrogens with one attached hydrogen (secondary N) is 1. The van der Waals surface area contributed by atoms with Crippen molar-refractivity contribution in [2.24, 2.45) is 5.92 Å². The third-order valence-corrected chi connectivity index (χ3v) is 6.11. The molecular formula is C17H20N4OS. The molecule has 5 nitrogen and oxygen atoms in total. The highest BCUT2D eigenvalue weighted by atomic mass is 32.1. The molecule has 120 valence electrons. The molecule has 23 heavy (non-hydrogen) atoms. The van der Waals surface area contributed by atoms with Gasteiger partial charge in [0.05, 0.1) is 5.69 Å². The molecular weight excluding hydrogens is 308 g/mol. The van der Waals surface area contributed by atoms with Crippen LogP contribution >= 0.6 is 11.3 Å². The molecule has 0 unspecified atom stereocenters. The summed E-state index contributed by atoms with van der Waals surface area (Å²) in [6.45, 7) is 5.27. The first kappa shape index (κ1) is 14.8. The van der Waals surface area contributed by atoms with Crippen LogP contribution in [0.1, 0.15) is 28.2 Å². The summed E-state index contributed by atoms with van der Waals surface area (Å²) in [6.07, 6.45) is 5.90. The second-order valence-corrected chi connectivity index (χ2v) is 7.39. The Kier molecular flexibility index (Phi) is 3.87. The van der Waals surface area contributed by atoms with Crippen molar-refractivity contribution in [3.8, 4) is 10.6 Å². The van der Waals surface area contributed by atoms with E-state index in [1.165, 1.54) is 37.3 Å². The third-order valence-electron chi connectivity index (χ3n) is 4.90. The van der Waals surface area contributed by atoms with E-state index in [1.54, 1.807) is 12.4 Å². The molecule has 1 N–H and O–H groups in total. The van der Waals surface area contributed by atoms with Gasteiger partial charge in [0.25, 0.3) is 5.91 Å². The maximum Gasteiger partial charge on any atom is 0.263 e. The van der Waals surface area contributed by atoms with Gasteiger partial charge in [-0.15, -0.1) is 11.3 Å². The Morgan fingerprint density at radius 2 is 2.04 bits per heavy atom. The number of carbonyl (C=O) groups is 1. The Morgan fingerprint density at radius 1 is 1.30 bits per heavy atom. The average molecular weight is 328 g/mol. The van der Waals surface area contributed by atoms with Crippen LogP contribution in [0.5, 0.6) is 0 Å². The van der Waals surface area contributed by atoms with E-state index in [0.717, 1.165) is 27.7 Å². The van der Waals surface area contributed by atoms with Gasteiger partial charge >= 0.3 is 0 Å². The maximum absolute atomic E-state index is 12.7. The lowest BCUT2D eigenvalue weighted by atomic mass is 9.84. The van der Waals surface area contributed by atoms with E-state index in [2.05, 4.69) is 20.2 Å². The van der Waals surface area contributed by atoms with E-state index >= 15 is 0 Å². The summed E-state index contributed by atoms with van der Waals surface area (Å²) in [4.78, 5) is 24.5. The Balaban J connectivity index is 1.52. The van der Waals surface area contributed by atoms with E-state index in [9.17, 15) is 4.79 Å². The van der Waals surface area contributed by atoms with Crippen LogP contribution in [0.15, 0.2) is 24.5 Å². The van der Waals surface area contributed by atoms with Gasteiger partial charge in [-0.05, 0) is 50.9 Å². The van der Waals surface area contributed by atoms with Gasteiger partial charge in [0, 0.05) is 30.5 Å². The van der Waals surface area contributed by atoms with E-state index in [0.29, 0.717) is 5.92 Å². The quantitative estimate of drug-likeness (QED) is 0.939. The van der Waals surface area contributed by atoms with Gasteiger partial charge < -0.3 is 10.2 Å². The van der Waals surface area contributed by atoms with Gasteiger partial charge in [0.15, 0.2) is 0 Å². The second-order valence-electron chi connectivity index (χ2n) is 6.39. The minimum atomic E-state index is 0.0269. The van der Waals surface area contributed by atoms with Gasteiger partial charge in [-0.3, -0.25) is 9.78 Å². The first-order chi connectivity index (χ1) is 11.2. The molecule has 0 spiro atoms. The van der Waals surface area contributed by atoms with Crippen molar-refractivity contribution in [1.82, 2.24) is 20.2 Å². The Hall–Kier alpha value is -1.79. The second kappa shape index (κ2) is 6.02. The van der Waals surface area contributed by atoms with Gasteiger partial charge in [0.2, 0.25) is 0 Å². The van der Waals surface area contributed by atoms with Crippen LogP contribution in [0.2, 0.25) is 0 Å². The first-order valence-electron chi connectivity index (χ1n) is 8.12. The zero-order valence-corrected chi connectivity index (χ0v) is 14.0. The standard InChI is InChI=1S/C17H20N4OS/c1-11-15(23-17(19-11)13-2-6-18-7-3-13)16(22)20-14-10-21-8-4-12(14)5-9-21/h2-3,6-7,12,14H,4-5,8-10H2,1H3,(H,20,22)/t14-/m0/s1. The van der Waals surface area contributed by atoms with Crippen molar-refractivity contribution >= 4 is 17.2 Å². The van der Waals surface area contributed by atoms with Crippen LogP contribution < -0.4 is 5.32 Å². The molecule has 0 aliphatic carbocycles. The number of aromatic nitrogens is 2. The molecule has 0 saturated carbocycles. The summed E-state index contributed by atoms with van der Waals surface area (Å²) in [5.74, 6) is 0.663. The van der Waals surface area contributed by atoms with Crippen LogP contribution in [0.25, 0.3) is 10.6 Å². The SMILES string of the molecule is Cc1nc(-c2ccncc2)sc1C(=O)N[C@H]1CN2CCC1CC2. The number of pyridine rings is 1. The van der Waals surface area contributed by atoms with Crippen LogP contribution in [-0.2, 0) is 0 Å². The van der Waals surface area contributed by atoms with Crippen molar-refractivity contribution in [3.05, 3.63) is 35.1 Å². The molecule has 3 aliphatic heterocycles. The number of carbonyl (C=O) groups excluding carboxylic acids is 1. The number of nitrogens with zero attached hydrogens (tertiary/aromatic N) is 3. The van der Waals surface area contributed by atoms with Crippen LogP contribution in [0.4, 0.5) is 0 Å². The number of piperidine rings is 3. The summed E-state index contributed by atoms with van der Waals surface area (Å²) in [5.41, 5.74) is 1.82. The topological polar surface area (TPSA) is 58.1 Å². The molecule has 3 saturated heterocycles. The number of hydrogen-bond acceptors (Lipinski definition) is 5. The lowest BCUT2D eigenvalue weighted by molar-refractivity contribution is 0.0622. The van der Waals surface area contributed by atoms with E-state index < -0.39 is 0 Å². The summed E-state index contributed by atoms with van der Waals surface area (Å²) in [6, 6.07) is 4.14. The third kappa shape index (κ3) is 2.88. The fraction of sp³-hybridized carbons (Fsp3) is 0.471. The van der Waals surface area contributed by atoms with Gasteiger partial charge in [0.1, 0.15) is 9.88 Å². The highest BCUT2D eigenvalue weighted by Gasteiger charge is 2.35. The predicted molar refractivity (Wildman–Crippen MR) is 90.5 cm³/mol. The number of aryl methyl sites for hydroxylation is 1. The minimum Gasteiger partial charge on any atom is -0.347 e. The molecule has 0 aromatic carbocycles. The lowest BCUT2D eigenvalue weighted by Crippen LogP contribution is -2.57. The van der Waals surface area contributed by atoms with Crippen molar-refractivity contribution in [3.63, 3.8) is 0 Å². The number of hydrogen-bond donors (Lipinski definition) is 1. The minimum absolute atomic E-state index is 0.0269. The van der Waals surface area contributed by atoms with E-state index in [4.69, 9.17) is 0 Å². The smallest absolute Gasteiger partial charge is 0.263 e. The summed E-state index contributed by atoms with van der Waals surface area (Å²) in [5, 5.41) is 4.13. The zero-order valence-electron chi connectivity index (χ0n) is 13.2. The van der Waals surface area contributed by atoms with E-state index in [-0.39, 0.29) is 11.9 Å². The molecule has 1 atom stereocenters. The summed E-state index contributed by atoms with van der Waals surface area (Å²) >= 11 is 1.46. The number of rotatable bonds is 3. The molecule has 3 fully saturated rings. The Bertz CT molecular complexity index is 707. The van der Waals surface area contributed by atoms with Crippen LogP contribution in [-0.4, -0.2) is 46.5 Å². The van der Waals surface area contributed by atoms with Gasteiger partial charge in [-0.1, -0.05) is 0 Å². The molecule has 2 aromatic heterocycles. The molecule has 5 rings (SSSR count). The van der Waals surface area contributed by atoms with Crippen molar-refractivity contribution in [1.29, 1.82) is 0 Å². The number of amides is 1. The normalized spacial score (nSPS) is 26.2. The fourth-order valence-electron chi connectivity index (χ4n) is 3.59. The molecule has 5 heterocycles. The molecule has 2 aromatic rings. The molecule has 1 amide bonds. The fourth-order valence-corrected chi connectivity index (χ4v) is 4.56. The lowest BCUT2D eigenvalue weighted by Gasteiger charge is -2.44. The monoisotopic (exact) mass is 328 g/mol. The van der Waals surface area contributed by atoms with Crippen molar-refractivity contribution < 1.29 is 4.79 Å². The van der Waals surface area contributed by atoms with E-state index in [1.807, 2.05) is 19.1 Å². The summed E-state index contributed by atoms with van der Waals surface area (Å²) in [7, 11) is 0. The first-order valence-corrected chi connectivity index (χ1v) is 8.93. The largest absolute Gasteiger partial charge is 0.347 e. The van der Waals surface area contributed by atoms with Crippen molar-refractivity contribution in [2.75, 3.05) is 19.6 Å². The zero-order chi connectivity index (χ0) is 15.8. The molecule has 6 heteroatoms. The number of thiazole rings is 1. The predicted octanol–water partition coefficient (Wildman–Crippen LogP) is 2.34.